The fourth-order valence-electron chi connectivity index (χ4n) is 2.79. The molecule has 0 aliphatic heterocycles. The largest absolute Gasteiger partial charge is 0.317 e. The predicted molar refractivity (Wildman–Crippen MR) is 84.0 cm³/mol. The first-order valence-electron chi connectivity index (χ1n) is 7.30. The molecule has 3 heteroatoms. The molecule has 1 aromatic carbocycles. The van der Waals surface area contributed by atoms with Gasteiger partial charge in [-0.3, -0.25) is 4.68 Å². The van der Waals surface area contributed by atoms with Gasteiger partial charge in [0, 0.05) is 25.0 Å². The van der Waals surface area contributed by atoms with E-state index in [-0.39, 0.29) is 0 Å². The predicted octanol–water partition coefficient (Wildman–Crippen LogP) is 2.80. The molecule has 108 valence electrons. The molecule has 0 saturated heterocycles. The highest BCUT2D eigenvalue weighted by Gasteiger charge is 2.09. The average molecular weight is 271 g/mol. The number of aromatic nitrogens is 2. The van der Waals surface area contributed by atoms with E-state index >= 15 is 0 Å². The summed E-state index contributed by atoms with van der Waals surface area (Å²) < 4.78 is 1.96. The van der Waals surface area contributed by atoms with Crippen molar-refractivity contribution in [1.29, 1.82) is 0 Å². The van der Waals surface area contributed by atoms with Crippen LogP contribution in [0.1, 0.15) is 28.8 Å². The van der Waals surface area contributed by atoms with Gasteiger partial charge < -0.3 is 5.32 Å². The lowest BCUT2D eigenvalue weighted by Crippen LogP contribution is -2.28. The molecular weight excluding hydrogens is 246 g/mol. The van der Waals surface area contributed by atoms with Crippen molar-refractivity contribution in [2.24, 2.45) is 7.05 Å². The molecule has 1 atom stereocenters. The van der Waals surface area contributed by atoms with Gasteiger partial charge in [-0.25, -0.2) is 0 Å². The second-order valence-electron chi connectivity index (χ2n) is 5.67. The van der Waals surface area contributed by atoms with Gasteiger partial charge in [0.2, 0.25) is 0 Å². The Morgan fingerprint density at radius 3 is 2.45 bits per heavy atom. The van der Waals surface area contributed by atoms with E-state index in [1.807, 2.05) is 17.9 Å². The number of likely N-dealkylation sites (N-methyl/N-ethyl adjacent to an activating group) is 1. The molecule has 1 aromatic heterocycles. The zero-order valence-electron chi connectivity index (χ0n) is 13.0. The van der Waals surface area contributed by atoms with Crippen LogP contribution in [0.5, 0.6) is 0 Å². The first kappa shape index (κ1) is 14.8. The maximum atomic E-state index is 4.22. The summed E-state index contributed by atoms with van der Waals surface area (Å²) in [7, 11) is 4.06. The fourth-order valence-corrected chi connectivity index (χ4v) is 2.79. The van der Waals surface area contributed by atoms with E-state index in [4.69, 9.17) is 0 Å². The first-order valence-corrected chi connectivity index (χ1v) is 7.30. The number of rotatable bonds is 6. The molecule has 2 aromatic rings. The van der Waals surface area contributed by atoms with Crippen molar-refractivity contribution in [3.05, 3.63) is 52.8 Å². The third kappa shape index (κ3) is 3.94. The minimum Gasteiger partial charge on any atom is -0.317 e. The van der Waals surface area contributed by atoms with Crippen molar-refractivity contribution in [2.75, 3.05) is 7.05 Å². The zero-order valence-corrected chi connectivity index (χ0v) is 13.0. The van der Waals surface area contributed by atoms with E-state index in [2.05, 4.69) is 55.6 Å². The molecule has 0 radical (unpaired) electrons. The van der Waals surface area contributed by atoms with Crippen LogP contribution < -0.4 is 5.32 Å². The van der Waals surface area contributed by atoms with Gasteiger partial charge in [-0.2, -0.15) is 5.10 Å². The third-order valence-corrected chi connectivity index (χ3v) is 3.84. The monoisotopic (exact) mass is 271 g/mol. The maximum absolute atomic E-state index is 4.22. The highest BCUT2D eigenvalue weighted by atomic mass is 15.2. The number of benzene rings is 1. The number of nitrogens with zero attached hydrogens (tertiary/aromatic N) is 2. The van der Waals surface area contributed by atoms with Crippen molar-refractivity contribution in [3.8, 4) is 0 Å². The molecule has 20 heavy (non-hydrogen) atoms. The molecule has 1 N–H and O–H groups in total. The second kappa shape index (κ2) is 6.71. The van der Waals surface area contributed by atoms with Gasteiger partial charge in [-0.15, -0.1) is 0 Å². The van der Waals surface area contributed by atoms with Crippen molar-refractivity contribution >= 4 is 0 Å². The lowest BCUT2D eigenvalue weighted by Gasteiger charge is -2.17. The van der Waals surface area contributed by atoms with E-state index < -0.39 is 0 Å². The number of hydrogen-bond donors (Lipinski definition) is 1. The van der Waals surface area contributed by atoms with Gasteiger partial charge >= 0.3 is 0 Å². The van der Waals surface area contributed by atoms with E-state index in [1.54, 1.807) is 0 Å². The molecule has 1 heterocycles. The van der Waals surface area contributed by atoms with Crippen molar-refractivity contribution in [2.45, 2.75) is 39.2 Å². The normalized spacial score (nSPS) is 12.6. The summed E-state index contributed by atoms with van der Waals surface area (Å²) >= 11 is 0. The highest BCUT2D eigenvalue weighted by Crippen LogP contribution is 2.13. The van der Waals surface area contributed by atoms with Crippen molar-refractivity contribution < 1.29 is 0 Å². The van der Waals surface area contributed by atoms with Crippen LogP contribution in [-0.2, 0) is 19.9 Å². The minimum atomic E-state index is 0.506. The smallest absolute Gasteiger partial charge is 0.0492 e. The summed E-state index contributed by atoms with van der Waals surface area (Å²) in [6.07, 6.45) is 5.14. The molecule has 0 aliphatic rings. The Morgan fingerprint density at radius 2 is 1.90 bits per heavy atom. The van der Waals surface area contributed by atoms with Crippen LogP contribution in [0.3, 0.4) is 0 Å². The third-order valence-electron chi connectivity index (χ3n) is 3.84. The van der Waals surface area contributed by atoms with Crippen molar-refractivity contribution in [3.63, 3.8) is 0 Å². The van der Waals surface area contributed by atoms with E-state index in [0.717, 1.165) is 19.3 Å². The summed E-state index contributed by atoms with van der Waals surface area (Å²) in [4.78, 5) is 0. The lowest BCUT2D eigenvalue weighted by atomic mass is 9.98. The number of hydrogen-bond acceptors (Lipinski definition) is 2. The molecule has 0 aliphatic carbocycles. The Balaban J connectivity index is 1.96. The maximum Gasteiger partial charge on any atom is 0.0492 e. The van der Waals surface area contributed by atoms with E-state index in [1.165, 1.54) is 22.4 Å². The van der Waals surface area contributed by atoms with Gasteiger partial charge in [0.25, 0.3) is 0 Å². The molecule has 0 saturated carbocycles. The van der Waals surface area contributed by atoms with Gasteiger partial charge in [0.15, 0.2) is 0 Å². The van der Waals surface area contributed by atoms with Crippen LogP contribution >= 0.6 is 0 Å². The highest BCUT2D eigenvalue weighted by molar-refractivity contribution is 5.29. The van der Waals surface area contributed by atoms with Crippen LogP contribution in [0.4, 0.5) is 0 Å². The van der Waals surface area contributed by atoms with Crippen LogP contribution in [0.25, 0.3) is 0 Å². The lowest BCUT2D eigenvalue weighted by molar-refractivity contribution is 0.510. The summed E-state index contributed by atoms with van der Waals surface area (Å²) in [5, 5.41) is 7.67. The SMILES string of the molecule is CNC(CCc1ccnn1C)Cc1cc(C)cc(C)c1. The van der Waals surface area contributed by atoms with Crippen molar-refractivity contribution in [1.82, 2.24) is 15.1 Å². The van der Waals surface area contributed by atoms with Crippen LogP contribution in [0, 0.1) is 13.8 Å². The zero-order chi connectivity index (χ0) is 14.5. The second-order valence-corrected chi connectivity index (χ2v) is 5.67. The Hall–Kier alpha value is -1.61. The van der Waals surface area contributed by atoms with E-state index in [0.29, 0.717) is 6.04 Å². The van der Waals surface area contributed by atoms with Crippen LogP contribution in [0.15, 0.2) is 30.5 Å². The molecule has 0 amide bonds. The molecule has 1 unspecified atom stereocenters. The number of nitrogens with one attached hydrogen (secondary N) is 1. The number of aryl methyl sites for hydroxylation is 4. The van der Waals surface area contributed by atoms with Gasteiger partial charge in [0.1, 0.15) is 0 Å². The van der Waals surface area contributed by atoms with Gasteiger partial charge in [-0.05, 0) is 51.8 Å². The summed E-state index contributed by atoms with van der Waals surface area (Å²) in [6, 6.07) is 9.42. The Labute approximate surface area is 122 Å². The van der Waals surface area contributed by atoms with Crippen LogP contribution in [0.2, 0.25) is 0 Å². The summed E-state index contributed by atoms with van der Waals surface area (Å²) in [5.74, 6) is 0. The average Bonchev–Trinajstić information content (AvgIpc) is 2.79. The molecule has 0 spiro atoms. The minimum absolute atomic E-state index is 0.506. The van der Waals surface area contributed by atoms with Gasteiger partial charge in [0.05, 0.1) is 0 Å². The Bertz CT molecular complexity index is 537. The summed E-state index contributed by atoms with van der Waals surface area (Å²) in [5.41, 5.74) is 5.42. The quantitative estimate of drug-likeness (QED) is 0.875. The Kier molecular flexibility index (Phi) is 4.96. The van der Waals surface area contributed by atoms with Crippen LogP contribution in [-0.4, -0.2) is 22.9 Å². The molecule has 0 bridgehead atoms. The standard InChI is InChI=1S/C17H25N3/c1-13-9-14(2)11-15(10-13)12-16(18-3)5-6-17-7-8-19-20(17)4/h7-11,16,18H,5-6,12H2,1-4H3. The first-order chi connectivity index (χ1) is 9.58. The van der Waals surface area contributed by atoms with E-state index in [9.17, 15) is 0 Å². The fraction of sp³-hybridized carbons (Fsp3) is 0.471. The molecule has 0 fully saturated rings. The molecule has 3 nitrogen and oxygen atoms in total. The van der Waals surface area contributed by atoms with Gasteiger partial charge in [-0.1, -0.05) is 29.3 Å². The topological polar surface area (TPSA) is 29.9 Å². The molecular formula is C17H25N3. The molecule has 2 rings (SSSR count). The summed E-state index contributed by atoms with van der Waals surface area (Å²) in [6.45, 7) is 4.33. The Morgan fingerprint density at radius 1 is 1.20 bits per heavy atom.